The molecule has 0 saturated heterocycles. The minimum atomic E-state index is -0.329. The predicted octanol–water partition coefficient (Wildman–Crippen LogP) is 1.62. The Morgan fingerprint density at radius 1 is 1.67 bits per heavy atom. The monoisotopic (exact) mass is 186 g/mol. The number of rotatable bonds is 2. The number of H-pyrrole nitrogens is 1. The topological polar surface area (TPSA) is 45.8 Å². The van der Waals surface area contributed by atoms with Gasteiger partial charge in [-0.15, -0.1) is 0 Å². The molecule has 0 fully saturated rings. The molecule has 0 radical (unpaired) electrons. The van der Waals surface area contributed by atoms with Crippen LogP contribution >= 0.6 is 11.6 Å². The molecule has 0 aliphatic heterocycles. The van der Waals surface area contributed by atoms with Crippen LogP contribution in [0, 0.1) is 5.92 Å². The predicted molar refractivity (Wildman–Crippen MR) is 48.4 cm³/mol. The first-order valence-electron chi connectivity index (χ1n) is 3.83. The van der Waals surface area contributed by atoms with E-state index < -0.39 is 0 Å². The molecule has 0 spiro atoms. The summed E-state index contributed by atoms with van der Waals surface area (Å²) in [6.45, 7) is 4.17. The molecule has 66 valence electrons. The van der Waals surface area contributed by atoms with E-state index in [0.29, 0.717) is 5.92 Å². The van der Waals surface area contributed by atoms with E-state index in [2.05, 4.69) is 24.0 Å². The lowest BCUT2D eigenvalue weighted by Crippen LogP contribution is -2.11. The maximum Gasteiger partial charge on any atom is 0.282 e. The molecule has 3 nitrogen and oxygen atoms in total. The van der Waals surface area contributed by atoms with Crippen LogP contribution in [0.15, 0.2) is 10.9 Å². The lowest BCUT2D eigenvalue weighted by atomic mass is 10.1. The van der Waals surface area contributed by atoms with Gasteiger partial charge in [-0.3, -0.25) is 4.79 Å². The summed E-state index contributed by atoms with van der Waals surface area (Å²) in [6.07, 6.45) is 0.830. The van der Waals surface area contributed by atoms with Crippen molar-refractivity contribution in [3.8, 4) is 0 Å². The lowest BCUT2D eigenvalue weighted by Gasteiger charge is -2.02. The van der Waals surface area contributed by atoms with Gasteiger partial charge in [0.1, 0.15) is 5.02 Å². The van der Waals surface area contributed by atoms with Crippen LogP contribution in [0.25, 0.3) is 0 Å². The van der Waals surface area contributed by atoms with Crippen LogP contribution in [0.3, 0.4) is 0 Å². The summed E-state index contributed by atoms with van der Waals surface area (Å²) in [4.78, 5) is 10.8. The highest BCUT2D eigenvalue weighted by atomic mass is 35.5. The van der Waals surface area contributed by atoms with Crippen molar-refractivity contribution in [1.29, 1.82) is 0 Å². The Bertz CT molecular complexity index is 319. The highest BCUT2D eigenvalue weighted by molar-refractivity contribution is 6.30. The first-order chi connectivity index (χ1) is 5.59. The average molecular weight is 187 g/mol. The molecule has 0 amide bonds. The molecular formula is C8H11ClN2O. The highest BCUT2D eigenvalue weighted by Crippen LogP contribution is 2.06. The van der Waals surface area contributed by atoms with E-state index in [1.165, 1.54) is 0 Å². The largest absolute Gasteiger partial charge is 0.282 e. The fourth-order valence-corrected chi connectivity index (χ4v) is 1.11. The first-order valence-corrected chi connectivity index (χ1v) is 4.21. The second kappa shape index (κ2) is 3.72. The minimum Gasteiger partial charge on any atom is -0.266 e. The summed E-state index contributed by atoms with van der Waals surface area (Å²) in [6, 6.07) is 1.61. The quantitative estimate of drug-likeness (QED) is 0.763. The molecule has 1 aromatic heterocycles. The summed E-state index contributed by atoms with van der Waals surface area (Å²) in [5.74, 6) is 0.513. The van der Waals surface area contributed by atoms with Gasteiger partial charge >= 0.3 is 0 Å². The third kappa shape index (κ3) is 2.34. The summed E-state index contributed by atoms with van der Waals surface area (Å²) >= 11 is 5.61. The van der Waals surface area contributed by atoms with Crippen molar-refractivity contribution in [1.82, 2.24) is 10.2 Å². The molecule has 4 heteroatoms. The summed E-state index contributed by atoms with van der Waals surface area (Å²) < 4.78 is 0. The van der Waals surface area contributed by atoms with E-state index in [0.717, 1.165) is 12.1 Å². The van der Waals surface area contributed by atoms with Gasteiger partial charge < -0.3 is 0 Å². The number of aromatic amines is 1. The first kappa shape index (κ1) is 9.26. The molecule has 0 aliphatic rings. The zero-order valence-corrected chi connectivity index (χ0v) is 7.85. The molecule has 0 saturated carbocycles. The van der Waals surface area contributed by atoms with Crippen molar-refractivity contribution in [2.45, 2.75) is 20.3 Å². The van der Waals surface area contributed by atoms with Crippen molar-refractivity contribution in [2.75, 3.05) is 0 Å². The fraction of sp³-hybridized carbons (Fsp3) is 0.500. The van der Waals surface area contributed by atoms with Crippen LogP contribution < -0.4 is 5.56 Å². The standard InChI is InChI=1S/C8H11ClN2O/c1-5(2)3-6-4-7(9)8(12)11-10-6/h4-5H,3H2,1-2H3,(H,11,12). The summed E-state index contributed by atoms with van der Waals surface area (Å²) in [5, 5.41) is 6.40. The van der Waals surface area contributed by atoms with Gasteiger partial charge in [0.25, 0.3) is 5.56 Å². The normalized spacial score (nSPS) is 10.7. The summed E-state index contributed by atoms with van der Waals surface area (Å²) in [5.41, 5.74) is 0.499. The van der Waals surface area contributed by atoms with E-state index in [-0.39, 0.29) is 10.6 Å². The molecule has 1 aromatic rings. The smallest absolute Gasteiger partial charge is 0.266 e. The molecule has 1 N–H and O–H groups in total. The molecule has 0 bridgehead atoms. The van der Waals surface area contributed by atoms with Crippen molar-refractivity contribution < 1.29 is 0 Å². The molecule has 0 aromatic carbocycles. The van der Waals surface area contributed by atoms with Crippen LogP contribution in [0.1, 0.15) is 19.5 Å². The van der Waals surface area contributed by atoms with Crippen molar-refractivity contribution in [2.24, 2.45) is 5.92 Å². The van der Waals surface area contributed by atoms with Gasteiger partial charge in [0.05, 0.1) is 5.69 Å². The average Bonchev–Trinajstić information content (AvgIpc) is 1.96. The number of nitrogens with one attached hydrogen (secondary N) is 1. The van der Waals surface area contributed by atoms with Crippen LogP contribution in [0.2, 0.25) is 5.02 Å². The lowest BCUT2D eigenvalue weighted by molar-refractivity contribution is 0.627. The Morgan fingerprint density at radius 2 is 2.33 bits per heavy atom. The fourth-order valence-electron chi connectivity index (χ4n) is 0.943. The van der Waals surface area contributed by atoms with E-state index >= 15 is 0 Å². The molecule has 1 heterocycles. The van der Waals surface area contributed by atoms with Gasteiger partial charge in [-0.05, 0) is 18.4 Å². The number of hydrogen-bond donors (Lipinski definition) is 1. The molecule has 0 unspecified atom stereocenters. The zero-order valence-electron chi connectivity index (χ0n) is 7.10. The Labute approximate surface area is 75.8 Å². The van der Waals surface area contributed by atoms with Gasteiger partial charge in [-0.2, -0.15) is 5.10 Å². The second-order valence-electron chi connectivity index (χ2n) is 3.13. The SMILES string of the molecule is CC(C)Cc1cc(Cl)c(=O)[nH]n1. The molecule has 1 rings (SSSR count). The Balaban J connectivity index is 2.90. The van der Waals surface area contributed by atoms with Crippen LogP contribution in [0.4, 0.5) is 0 Å². The van der Waals surface area contributed by atoms with Gasteiger partial charge in [-0.1, -0.05) is 25.4 Å². The Hall–Kier alpha value is -0.830. The third-order valence-corrected chi connectivity index (χ3v) is 1.71. The Morgan fingerprint density at radius 3 is 2.83 bits per heavy atom. The van der Waals surface area contributed by atoms with E-state index in [9.17, 15) is 4.79 Å². The van der Waals surface area contributed by atoms with E-state index in [1.807, 2.05) is 0 Å². The van der Waals surface area contributed by atoms with Gasteiger partial charge in [0.2, 0.25) is 0 Å². The number of aromatic nitrogens is 2. The highest BCUT2D eigenvalue weighted by Gasteiger charge is 2.02. The second-order valence-corrected chi connectivity index (χ2v) is 3.54. The molecular weight excluding hydrogens is 176 g/mol. The van der Waals surface area contributed by atoms with Crippen LogP contribution in [-0.2, 0) is 6.42 Å². The van der Waals surface area contributed by atoms with Crippen molar-refractivity contribution in [3.63, 3.8) is 0 Å². The van der Waals surface area contributed by atoms with Crippen molar-refractivity contribution >= 4 is 11.6 Å². The molecule has 0 atom stereocenters. The Kier molecular flexibility index (Phi) is 2.87. The van der Waals surface area contributed by atoms with Crippen molar-refractivity contribution in [3.05, 3.63) is 27.1 Å². The maximum absolute atomic E-state index is 10.8. The van der Waals surface area contributed by atoms with Gasteiger partial charge in [0, 0.05) is 0 Å². The summed E-state index contributed by atoms with van der Waals surface area (Å²) in [7, 11) is 0. The minimum absolute atomic E-state index is 0.209. The van der Waals surface area contributed by atoms with Gasteiger partial charge in [-0.25, -0.2) is 5.10 Å². The molecule has 12 heavy (non-hydrogen) atoms. The maximum atomic E-state index is 10.8. The van der Waals surface area contributed by atoms with E-state index in [4.69, 9.17) is 11.6 Å². The van der Waals surface area contributed by atoms with Gasteiger partial charge in [0.15, 0.2) is 0 Å². The van der Waals surface area contributed by atoms with Crippen LogP contribution in [0.5, 0.6) is 0 Å². The molecule has 0 aliphatic carbocycles. The third-order valence-electron chi connectivity index (χ3n) is 1.43. The zero-order chi connectivity index (χ0) is 9.14. The number of hydrogen-bond acceptors (Lipinski definition) is 2. The number of nitrogens with zero attached hydrogens (tertiary/aromatic N) is 1. The van der Waals surface area contributed by atoms with Crippen LogP contribution in [-0.4, -0.2) is 10.2 Å². The number of halogens is 1. The van der Waals surface area contributed by atoms with E-state index in [1.54, 1.807) is 6.07 Å².